The van der Waals surface area contributed by atoms with Crippen molar-refractivity contribution in [3.63, 3.8) is 0 Å². The third-order valence-electron chi connectivity index (χ3n) is 4.10. The molecule has 0 radical (unpaired) electrons. The van der Waals surface area contributed by atoms with E-state index in [-0.39, 0.29) is 18.3 Å². The van der Waals surface area contributed by atoms with Crippen LogP contribution in [-0.4, -0.2) is 23.8 Å². The number of thioether (sulfide) groups is 1. The Labute approximate surface area is 167 Å². The Balaban J connectivity index is 1.50. The number of carbonyl (C=O) groups excluding carboxylic acids is 1. The van der Waals surface area contributed by atoms with Crippen LogP contribution in [0.5, 0.6) is 5.75 Å². The lowest BCUT2D eigenvalue weighted by atomic mass is 10.1. The van der Waals surface area contributed by atoms with Crippen molar-refractivity contribution < 1.29 is 14.3 Å². The lowest BCUT2D eigenvalue weighted by molar-refractivity contribution is -0.141. The minimum atomic E-state index is -0.239. The van der Waals surface area contributed by atoms with Crippen LogP contribution in [0.3, 0.4) is 0 Å². The topological polar surface area (TPSA) is 48.4 Å². The van der Waals surface area contributed by atoms with Crippen molar-refractivity contribution in [2.75, 3.05) is 12.9 Å². The molecule has 0 N–H and O–H groups in total. The van der Waals surface area contributed by atoms with E-state index in [4.69, 9.17) is 9.47 Å². The highest BCUT2D eigenvalue weighted by Crippen LogP contribution is 2.26. The van der Waals surface area contributed by atoms with Gasteiger partial charge in [-0.15, -0.1) is 23.1 Å². The number of nitrogens with zero attached hydrogens (tertiary/aromatic N) is 1. The Morgan fingerprint density at radius 2 is 1.89 bits per heavy atom. The summed E-state index contributed by atoms with van der Waals surface area (Å²) in [7, 11) is 1.64. The molecule has 0 saturated heterocycles. The summed E-state index contributed by atoms with van der Waals surface area (Å²) in [5.74, 6) is 0.862. The zero-order valence-corrected chi connectivity index (χ0v) is 17.2. The lowest BCUT2D eigenvalue weighted by Gasteiger charge is -2.05. The van der Waals surface area contributed by atoms with Gasteiger partial charge in [0.05, 0.1) is 18.6 Å². The van der Waals surface area contributed by atoms with E-state index in [1.165, 1.54) is 34.2 Å². The number of carbonyl (C=O) groups is 1. The van der Waals surface area contributed by atoms with E-state index in [9.17, 15) is 4.79 Å². The molecule has 3 rings (SSSR count). The van der Waals surface area contributed by atoms with Crippen LogP contribution < -0.4 is 4.74 Å². The molecule has 0 atom stereocenters. The fraction of sp³-hybridized carbons (Fsp3) is 0.238. The van der Waals surface area contributed by atoms with Crippen molar-refractivity contribution in [2.45, 2.75) is 25.3 Å². The predicted octanol–water partition coefficient (Wildman–Crippen LogP) is 5.27. The van der Waals surface area contributed by atoms with Gasteiger partial charge in [0.25, 0.3) is 0 Å². The largest absolute Gasteiger partial charge is 0.497 e. The number of aryl methyl sites for hydroxylation is 2. The number of thiazole rings is 1. The molecule has 4 nitrogen and oxygen atoms in total. The summed E-state index contributed by atoms with van der Waals surface area (Å²) in [5.41, 5.74) is 4.25. The molecule has 2 aromatic carbocycles. The molecular formula is C21H21NO3S2. The van der Waals surface area contributed by atoms with Crippen molar-refractivity contribution in [1.29, 1.82) is 0 Å². The van der Waals surface area contributed by atoms with Crippen LogP contribution in [0.15, 0.2) is 52.7 Å². The summed E-state index contributed by atoms with van der Waals surface area (Å²) in [6.07, 6.45) is 0. The van der Waals surface area contributed by atoms with E-state index < -0.39 is 0 Å². The Bertz CT molecular complexity index is 919. The van der Waals surface area contributed by atoms with E-state index in [1.807, 2.05) is 35.7 Å². The van der Waals surface area contributed by atoms with E-state index in [0.717, 1.165) is 26.9 Å². The summed E-state index contributed by atoms with van der Waals surface area (Å²) < 4.78 is 10.5. The number of hydrogen-bond donors (Lipinski definition) is 0. The normalized spacial score (nSPS) is 10.6. The monoisotopic (exact) mass is 399 g/mol. The number of methoxy groups -OCH3 is 1. The molecule has 0 amide bonds. The number of aromatic nitrogens is 1. The van der Waals surface area contributed by atoms with Crippen LogP contribution in [0.25, 0.3) is 10.6 Å². The summed E-state index contributed by atoms with van der Waals surface area (Å²) >= 11 is 3.02. The number of benzene rings is 2. The van der Waals surface area contributed by atoms with Gasteiger partial charge in [-0.2, -0.15) is 0 Å². The third-order valence-corrected chi connectivity index (χ3v) is 6.01. The lowest BCUT2D eigenvalue weighted by Crippen LogP contribution is -2.07. The van der Waals surface area contributed by atoms with Crippen LogP contribution >= 0.6 is 23.1 Å². The van der Waals surface area contributed by atoms with Gasteiger partial charge in [-0.25, -0.2) is 4.98 Å². The van der Waals surface area contributed by atoms with Gasteiger partial charge in [0.1, 0.15) is 17.4 Å². The fourth-order valence-electron chi connectivity index (χ4n) is 2.38. The smallest absolute Gasteiger partial charge is 0.316 e. The molecule has 140 valence electrons. The molecule has 27 heavy (non-hydrogen) atoms. The van der Waals surface area contributed by atoms with Gasteiger partial charge in [-0.05, 0) is 61.4 Å². The maximum Gasteiger partial charge on any atom is 0.316 e. The zero-order valence-electron chi connectivity index (χ0n) is 15.5. The molecule has 1 aromatic heterocycles. The number of esters is 1. The predicted molar refractivity (Wildman–Crippen MR) is 111 cm³/mol. The quantitative estimate of drug-likeness (QED) is 0.400. The van der Waals surface area contributed by atoms with Crippen LogP contribution in [-0.2, 0) is 16.1 Å². The first-order valence-electron chi connectivity index (χ1n) is 8.49. The average molecular weight is 400 g/mol. The molecular weight excluding hydrogens is 378 g/mol. The summed E-state index contributed by atoms with van der Waals surface area (Å²) in [5, 5.41) is 2.82. The molecule has 0 aliphatic heterocycles. The first-order chi connectivity index (χ1) is 13.0. The Kier molecular flexibility index (Phi) is 6.53. The Hall–Kier alpha value is -2.31. The van der Waals surface area contributed by atoms with Gasteiger partial charge in [-0.1, -0.05) is 6.07 Å². The van der Waals surface area contributed by atoms with Crippen molar-refractivity contribution in [2.24, 2.45) is 0 Å². The fourth-order valence-corrected chi connectivity index (χ4v) is 3.98. The Morgan fingerprint density at radius 3 is 2.59 bits per heavy atom. The number of ether oxygens (including phenoxy) is 2. The molecule has 0 aliphatic carbocycles. The number of hydrogen-bond acceptors (Lipinski definition) is 6. The maximum absolute atomic E-state index is 12.0. The summed E-state index contributed by atoms with van der Waals surface area (Å²) in [6, 6.07) is 13.9. The zero-order chi connectivity index (χ0) is 19.2. The minimum Gasteiger partial charge on any atom is -0.497 e. The molecule has 3 aromatic rings. The first-order valence-corrected chi connectivity index (χ1v) is 10.4. The van der Waals surface area contributed by atoms with E-state index in [2.05, 4.69) is 31.0 Å². The van der Waals surface area contributed by atoms with Gasteiger partial charge in [0.2, 0.25) is 0 Å². The van der Waals surface area contributed by atoms with Crippen molar-refractivity contribution in [1.82, 2.24) is 4.98 Å². The van der Waals surface area contributed by atoms with Gasteiger partial charge in [0, 0.05) is 15.8 Å². The highest BCUT2D eigenvalue weighted by atomic mass is 32.2. The SMILES string of the molecule is COc1ccc(-c2nc(COC(=O)CSc3ccc(C)c(C)c3)cs2)cc1. The van der Waals surface area contributed by atoms with Crippen LogP contribution in [0.4, 0.5) is 0 Å². The van der Waals surface area contributed by atoms with Crippen LogP contribution in [0.2, 0.25) is 0 Å². The van der Waals surface area contributed by atoms with Crippen molar-refractivity contribution in [3.8, 4) is 16.3 Å². The van der Waals surface area contributed by atoms with E-state index in [1.54, 1.807) is 7.11 Å². The molecule has 0 fully saturated rings. The van der Waals surface area contributed by atoms with Crippen LogP contribution in [0.1, 0.15) is 16.8 Å². The highest BCUT2D eigenvalue weighted by molar-refractivity contribution is 8.00. The summed E-state index contributed by atoms with van der Waals surface area (Å²) in [6.45, 7) is 4.34. The molecule has 0 bridgehead atoms. The van der Waals surface area contributed by atoms with Crippen LogP contribution in [0, 0.1) is 13.8 Å². The first kappa shape index (κ1) is 19.5. The maximum atomic E-state index is 12.0. The van der Waals surface area contributed by atoms with Crippen molar-refractivity contribution >= 4 is 29.1 Å². The molecule has 0 unspecified atom stereocenters. The third kappa shape index (κ3) is 5.34. The van der Waals surface area contributed by atoms with Gasteiger partial charge in [-0.3, -0.25) is 4.79 Å². The minimum absolute atomic E-state index is 0.193. The molecule has 6 heteroatoms. The van der Waals surface area contributed by atoms with Gasteiger partial charge >= 0.3 is 5.97 Å². The second kappa shape index (κ2) is 9.06. The van der Waals surface area contributed by atoms with Gasteiger partial charge < -0.3 is 9.47 Å². The summed E-state index contributed by atoms with van der Waals surface area (Å²) in [4.78, 5) is 17.6. The van der Waals surface area contributed by atoms with Crippen molar-refractivity contribution in [3.05, 3.63) is 64.7 Å². The molecule has 0 aliphatic rings. The standard InChI is InChI=1S/C21H21NO3S2/c1-14-4-9-19(10-15(14)2)26-13-20(23)25-11-17-12-27-21(22-17)16-5-7-18(24-3)8-6-16/h4-10,12H,11,13H2,1-3H3. The molecule has 0 saturated carbocycles. The second-order valence-corrected chi connectivity index (χ2v) is 7.97. The molecule has 1 heterocycles. The molecule has 0 spiro atoms. The van der Waals surface area contributed by atoms with E-state index >= 15 is 0 Å². The van der Waals surface area contributed by atoms with E-state index in [0.29, 0.717) is 0 Å². The second-order valence-electron chi connectivity index (χ2n) is 6.07. The van der Waals surface area contributed by atoms with Gasteiger partial charge in [0.15, 0.2) is 0 Å². The average Bonchev–Trinajstić information content (AvgIpc) is 3.16. The Morgan fingerprint density at radius 1 is 1.11 bits per heavy atom. The number of rotatable bonds is 7. The highest BCUT2D eigenvalue weighted by Gasteiger charge is 2.09.